The first-order valence-corrected chi connectivity index (χ1v) is 14.7. The lowest BCUT2D eigenvalue weighted by Gasteiger charge is -2.32. The van der Waals surface area contributed by atoms with Gasteiger partial charge in [-0.3, -0.25) is 13.9 Å². The molecule has 2 amide bonds. The van der Waals surface area contributed by atoms with Gasteiger partial charge >= 0.3 is 0 Å². The number of hydrogen-bond acceptors (Lipinski definition) is 4. The summed E-state index contributed by atoms with van der Waals surface area (Å²) in [6, 6.07) is 18.5. The summed E-state index contributed by atoms with van der Waals surface area (Å²) in [5.74, 6) is -0.794. The van der Waals surface area contributed by atoms with Crippen molar-refractivity contribution in [1.29, 1.82) is 0 Å². The minimum absolute atomic E-state index is 0.0883. The predicted molar refractivity (Wildman–Crippen MR) is 154 cm³/mol. The molecule has 0 saturated heterocycles. The van der Waals surface area contributed by atoms with Crippen molar-refractivity contribution < 1.29 is 18.0 Å². The fourth-order valence-electron chi connectivity index (χ4n) is 3.94. The van der Waals surface area contributed by atoms with E-state index in [0.717, 1.165) is 31.0 Å². The normalized spacial score (nSPS) is 12.1. The molecule has 0 unspecified atom stereocenters. The second kappa shape index (κ2) is 12.6. The van der Waals surface area contributed by atoms with E-state index >= 15 is 0 Å². The number of sulfonamides is 1. The molecule has 0 heterocycles. The molecule has 0 aromatic heterocycles. The molecule has 0 radical (unpaired) electrons. The van der Waals surface area contributed by atoms with Gasteiger partial charge < -0.3 is 10.2 Å². The van der Waals surface area contributed by atoms with Gasteiger partial charge in [0.2, 0.25) is 11.8 Å². The van der Waals surface area contributed by atoms with Crippen LogP contribution in [-0.4, -0.2) is 44.3 Å². The molecule has 7 nitrogen and oxygen atoms in total. The maximum Gasteiger partial charge on any atom is 0.264 e. The van der Waals surface area contributed by atoms with Crippen LogP contribution in [0.1, 0.15) is 36.1 Å². The van der Waals surface area contributed by atoms with Crippen molar-refractivity contribution in [2.24, 2.45) is 0 Å². The number of amides is 2. The van der Waals surface area contributed by atoms with Crippen LogP contribution < -0.4 is 9.62 Å². The zero-order valence-electron chi connectivity index (χ0n) is 22.4. The van der Waals surface area contributed by atoms with Crippen LogP contribution in [0.5, 0.6) is 0 Å². The molecular formula is C29H34BrN3O4S. The molecule has 0 saturated carbocycles. The summed E-state index contributed by atoms with van der Waals surface area (Å²) in [5.41, 5.74) is 4.04. The summed E-state index contributed by atoms with van der Waals surface area (Å²) in [5, 5.41) is 2.76. The number of aryl methyl sites for hydroxylation is 3. The van der Waals surface area contributed by atoms with Crippen LogP contribution in [0.4, 0.5) is 5.69 Å². The van der Waals surface area contributed by atoms with Crippen LogP contribution in [0.15, 0.2) is 76.1 Å². The Balaban J connectivity index is 2.05. The number of hydrogen-bond donors (Lipinski definition) is 1. The summed E-state index contributed by atoms with van der Waals surface area (Å²) in [6.07, 6.45) is 0. The van der Waals surface area contributed by atoms with Crippen LogP contribution in [0.2, 0.25) is 0 Å². The molecular weight excluding hydrogens is 566 g/mol. The van der Waals surface area contributed by atoms with Gasteiger partial charge in [-0.1, -0.05) is 51.8 Å². The van der Waals surface area contributed by atoms with E-state index in [0.29, 0.717) is 12.2 Å². The minimum Gasteiger partial charge on any atom is -0.355 e. The van der Waals surface area contributed by atoms with Crippen molar-refractivity contribution in [3.05, 3.63) is 93.5 Å². The van der Waals surface area contributed by atoms with Crippen molar-refractivity contribution in [2.45, 2.75) is 52.1 Å². The van der Waals surface area contributed by atoms with Crippen LogP contribution in [0, 0.1) is 20.8 Å². The second-order valence-corrected chi connectivity index (χ2v) is 12.1. The molecule has 0 aliphatic carbocycles. The van der Waals surface area contributed by atoms with Crippen molar-refractivity contribution in [1.82, 2.24) is 10.2 Å². The van der Waals surface area contributed by atoms with Crippen molar-refractivity contribution in [3.63, 3.8) is 0 Å². The minimum atomic E-state index is -4.08. The quantitative estimate of drug-likeness (QED) is 0.350. The highest BCUT2D eigenvalue weighted by Gasteiger charge is 2.32. The van der Waals surface area contributed by atoms with Crippen LogP contribution in [-0.2, 0) is 26.2 Å². The van der Waals surface area contributed by atoms with E-state index in [9.17, 15) is 18.0 Å². The van der Waals surface area contributed by atoms with Gasteiger partial charge in [0.15, 0.2) is 0 Å². The van der Waals surface area contributed by atoms with Crippen molar-refractivity contribution in [2.75, 3.05) is 17.4 Å². The van der Waals surface area contributed by atoms with E-state index in [2.05, 4.69) is 21.2 Å². The molecule has 0 bridgehead atoms. The van der Waals surface area contributed by atoms with Crippen molar-refractivity contribution in [3.8, 4) is 0 Å². The Morgan fingerprint density at radius 2 is 1.55 bits per heavy atom. The third-order valence-corrected chi connectivity index (χ3v) is 8.77. The Labute approximate surface area is 234 Å². The lowest BCUT2D eigenvalue weighted by molar-refractivity contribution is -0.139. The van der Waals surface area contributed by atoms with Gasteiger partial charge in [-0.25, -0.2) is 8.42 Å². The Morgan fingerprint density at radius 1 is 0.921 bits per heavy atom. The number of anilines is 1. The number of carbonyl (C=O) groups is 2. The number of likely N-dealkylation sites (N-methyl/N-ethyl adjacent to an activating group) is 1. The third kappa shape index (κ3) is 7.02. The highest BCUT2D eigenvalue weighted by atomic mass is 79.9. The van der Waals surface area contributed by atoms with Gasteiger partial charge in [0.25, 0.3) is 10.0 Å². The topological polar surface area (TPSA) is 86.8 Å². The number of carbonyl (C=O) groups excluding carboxylic acids is 2. The fourth-order valence-corrected chi connectivity index (χ4v) is 5.61. The fraction of sp³-hybridized carbons (Fsp3) is 0.310. The largest absolute Gasteiger partial charge is 0.355 e. The zero-order chi connectivity index (χ0) is 28.0. The van der Waals surface area contributed by atoms with Crippen molar-refractivity contribution >= 4 is 43.5 Å². The lowest BCUT2D eigenvalue weighted by atomic mass is 10.1. The van der Waals surface area contributed by atoms with E-state index in [-0.39, 0.29) is 17.3 Å². The third-order valence-electron chi connectivity index (χ3n) is 6.45. The highest BCUT2D eigenvalue weighted by Crippen LogP contribution is 2.27. The number of halogens is 1. The van der Waals surface area contributed by atoms with Crippen LogP contribution in [0.3, 0.4) is 0 Å². The zero-order valence-corrected chi connectivity index (χ0v) is 24.8. The Kier molecular flexibility index (Phi) is 9.73. The molecule has 0 fully saturated rings. The Hall–Kier alpha value is -3.17. The maximum absolute atomic E-state index is 13.9. The van der Waals surface area contributed by atoms with E-state index in [4.69, 9.17) is 0 Å². The number of rotatable bonds is 10. The molecule has 9 heteroatoms. The average molecular weight is 601 g/mol. The molecule has 1 N–H and O–H groups in total. The molecule has 3 aromatic carbocycles. The Morgan fingerprint density at radius 3 is 2.13 bits per heavy atom. The summed E-state index contributed by atoms with van der Waals surface area (Å²) in [4.78, 5) is 28.2. The highest BCUT2D eigenvalue weighted by molar-refractivity contribution is 9.10. The smallest absolute Gasteiger partial charge is 0.264 e. The molecule has 0 spiro atoms. The molecule has 202 valence electrons. The van der Waals surface area contributed by atoms with Gasteiger partial charge in [0.1, 0.15) is 12.6 Å². The molecule has 38 heavy (non-hydrogen) atoms. The number of nitrogens with zero attached hydrogens (tertiary/aromatic N) is 2. The second-order valence-electron chi connectivity index (χ2n) is 9.31. The van der Waals surface area contributed by atoms with E-state index in [1.807, 2.05) is 51.1 Å². The number of benzene rings is 3. The standard InChI is InChI=1S/C29H34BrN3O4S/c1-6-31-29(35)23(5)32(18-24-10-12-25(30)13-11-24)28(34)19-33(26-14-9-21(3)22(4)17-26)38(36,37)27-15-7-20(2)8-16-27/h7-17,23H,6,18-19H2,1-5H3,(H,31,35)/t23-/m0/s1. The predicted octanol–water partition coefficient (Wildman–Crippen LogP) is 5.12. The van der Waals surface area contributed by atoms with E-state index < -0.39 is 28.5 Å². The average Bonchev–Trinajstić information content (AvgIpc) is 2.88. The first-order chi connectivity index (χ1) is 17.9. The summed E-state index contributed by atoms with van der Waals surface area (Å²) < 4.78 is 29.8. The molecule has 3 aromatic rings. The first-order valence-electron chi connectivity index (χ1n) is 12.4. The SMILES string of the molecule is CCNC(=O)[C@H](C)N(Cc1ccc(Br)cc1)C(=O)CN(c1ccc(C)c(C)c1)S(=O)(=O)c1ccc(C)cc1. The van der Waals surface area contributed by atoms with Gasteiger partial charge in [0, 0.05) is 17.6 Å². The van der Waals surface area contributed by atoms with E-state index in [1.54, 1.807) is 50.2 Å². The van der Waals surface area contributed by atoms with Gasteiger partial charge in [-0.05, 0) is 87.7 Å². The molecule has 0 aliphatic rings. The van der Waals surface area contributed by atoms with Crippen LogP contribution in [0.25, 0.3) is 0 Å². The summed E-state index contributed by atoms with van der Waals surface area (Å²) in [7, 11) is -4.08. The molecule has 0 aliphatic heterocycles. The lowest BCUT2D eigenvalue weighted by Crippen LogP contribution is -2.51. The van der Waals surface area contributed by atoms with Gasteiger partial charge in [0.05, 0.1) is 10.6 Å². The van der Waals surface area contributed by atoms with Gasteiger partial charge in [-0.2, -0.15) is 0 Å². The molecule has 3 rings (SSSR count). The summed E-state index contributed by atoms with van der Waals surface area (Å²) in [6.45, 7) is 9.28. The number of nitrogens with one attached hydrogen (secondary N) is 1. The van der Waals surface area contributed by atoms with Crippen LogP contribution >= 0.6 is 15.9 Å². The monoisotopic (exact) mass is 599 g/mol. The Bertz CT molecular complexity index is 1390. The first kappa shape index (κ1) is 29.4. The van der Waals surface area contributed by atoms with E-state index in [1.165, 1.54) is 4.90 Å². The molecule has 1 atom stereocenters. The summed E-state index contributed by atoms with van der Waals surface area (Å²) >= 11 is 3.41. The maximum atomic E-state index is 13.9. The van der Waals surface area contributed by atoms with Gasteiger partial charge in [-0.15, -0.1) is 0 Å².